The summed E-state index contributed by atoms with van der Waals surface area (Å²) in [5.41, 5.74) is 17.2. The van der Waals surface area contributed by atoms with Gasteiger partial charge in [-0.05, 0) is 127 Å². The summed E-state index contributed by atoms with van der Waals surface area (Å²) in [6.07, 6.45) is 17.7. The molecule has 12 heteroatoms. The summed E-state index contributed by atoms with van der Waals surface area (Å²) in [5.74, 6) is 11.6. The van der Waals surface area contributed by atoms with Gasteiger partial charge in [0.25, 0.3) is 0 Å². The van der Waals surface area contributed by atoms with Gasteiger partial charge in [0.05, 0.1) is 30.9 Å². The fraction of sp³-hybridized carbons (Fsp3) is 0.441. The first kappa shape index (κ1) is 46.6. The Labute approximate surface area is 425 Å². The summed E-state index contributed by atoms with van der Waals surface area (Å²) < 4.78 is 26.9. The highest BCUT2D eigenvalue weighted by Crippen LogP contribution is 2.64. The number of hydrogen-bond acceptors (Lipinski definition) is 12. The molecule has 5 heterocycles. The number of phenols is 2. The molecule has 10 unspecified atom stereocenters. The second-order valence-corrected chi connectivity index (χ2v) is 23.7. The molecule has 0 amide bonds. The molecule has 2 saturated carbocycles. The van der Waals surface area contributed by atoms with Crippen molar-refractivity contribution >= 4 is 33.6 Å². The molecule has 71 heavy (non-hydrogen) atoms. The van der Waals surface area contributed by atoms with E-state index in [1.54, 1.807) is 13.2 Å². The van der Waals surface area contributed by atoms with Gasteiger partial charge in [-0.3, -0.25) is 4.79 Å². The number of methoxy groups -OCH3 is 1. The lowest BCUT2D eigenvalue weighted by atomic mass is 9.64. The highest BCUT2D eigenvalue weighted by molar-refractivity contribution is 8.76. The lowest BCUT2D eigenvalue weighted by molar-refractivity contribution is -0.141. The lowest BCUT2D eigenvalue weighted by Gasteiger charge is -2.40. The number of hydrogen-bond donors (Lipinski definition) is 5. The predicted octanol–water partition coefficient (Wildman–Crippen LogP) is 10.3. The molecule has 1 saturated heterocycles. The van der Waals surface area contributed by atoms with Crippen LogP contribution in [0, 0.1) is 29.6 Å². The maximum atomic E-state index is 12.9. The predicted molar refractivity (Wildman–Crippen MR) is 282 cm³/mol. The minimum Gasteiger partial charge on any atom is -0.508 e. The van der Waals surface area contributed by atoms with Crippen LogP contribution in [0.4, 0.5) is 0 Å². The Morgan fingerprint density at radius 2 is 1.85 bits per heavy atom. The number of nitrogens with one attached hydrogen (secondary N) is 2. The van der Waals surface area contributed by atoms with E-state index in [1.807, 2.05) is 33.7 Å². The quantitative estimate of drug-likeness (QED) is 0.0713. The van der Waals surface area contributed by atoms with E-state index < -0.39 is 18.2 Å². The van der Waals surface area contributed by atoms with Crippen molar-refractivity contribution < 1.29 is 34.0 Å². The van der Waals surface area contributed by atoms with Crippen LogP contribution in [0.3, 0.4) is 0 Å². The number of aromatic hydroxyl groups is 2. The van der Waals surface area contributed by atoms with Crippen LogP contribution in [-0.4, -0.2) is 65.8 Å². The number of fused-ring (bicyclic) bond motifs is 11. The minimum absolute atomic E-state index is 0.0607. The van der Waals surface area contributed by atoms with Crippen molar-refractivity contribution in [1.29, 1.82) is 0 Å². The summed E-state index contributed by atoms with van der Waals surface area (Å²) in [6, 6.07) is 20.9. The van der Waals surface area contributed by atoms with Crippen LogP contribution in [0.25, 0.3) is 17.2 Å². The zero-order valence-corrected chi connectivity index (χ0v) is 42.1. The smallest absolute Gasteiger partial charge is 0.302 e. The number of ether oxygens (including phenoxy) is 4. The van der Waals surface area contributed by atoms with Crippen LogP contribution in [0.15, 0.2) is 90.2 Å². The molecule has 1 spiro atoms. The standard InChI is InChI=1S/C59H63N3O7S2/c1-33(63)67-30-46-43-16-17-44-53-38(25-40(64)27-50(53)66-2)29-59-23-22-37(28-59)41(15-14-34-8-4-3-5-9-34)42-19-21-52(60)62-47(42)13-7-11-36-26-49(65)56-45(54(36)57(46)69-58(43)55(44)59)18-20-48-51(68-56)32-71-70-31-35-10-6-12-39(24-35)61-48/h3-5,8-9,16-21,25-27,35,37,39,41,46,48,51-52,57,61-62,64-65H,6,10-12,14-15,22-24,28-32,60H2,1-2H3. The molecular formula is C59H63N3O7S2. The van der Waals surface area contributed by atoms with E-state index >= 15 is 0 Å². The Morgan fingerprint density at radius 3 is 2.70 bits per heavy atom. The third kappa shape index (κ3) is 8.68. The molecule has 0 radical (unpaired) electrons. The number of allylic oxidation sites excluding steroid dienone is 3. The Balaban J connectivity index is 1.08. The van der Waals surface area contributed by atoms with Crippen molar-refractivity contribution in [3.8, 4) is 51.7 Å². The maximum Gasteiger partial charge on any atom is 0.302 e. The van der Waals surface area contributed by atoms with Crippen LogP contribution in [-0.2, 0) is 34.2 Å². The summed E-state index contributed by atoms with van der Waals surface area (Å²) in [7, 11) is 5.46. The molecule has 4 aromatic carbocycles. The third-order valence-electron chi connectivity index (χ3n) is 16.8. The van der Waals surface area contributed by atoms with Crippen molar-refractivity contribution in [1.82, 2.24) is 10.6 Å². The number of esters is 1. The largest absolute Gasteiger partial charge is 0.508 e. The Kier molecular flexibility index (Phi) is 12.6. The first-order chi connectivity index (χ1) is 34.6. The zero-order valence-electron chi connectivity index (χ0n) is 40.5. The number of dihydropyridines is 1. The van der Waals surface area contributed by atoms with Gasteiger partial charge in [0.15, 0.2) is 11.5 Å². The molecule has 5 aliphatic heterocycles. The number of aryl methyl sites for hydroxylation is 1. The molecular weight excluding hydrogens is 927 g/mol. The second-order valence-electron chi connectivity index (χ2n) is 21.2. The highest BCUT2D eigenvalue weighted by Gasteiger charge is 2.52. The second kappa shape index (κ2) is 19.2. The summed E-state index contributed by atoms with van der Waals surface area (Å²) in [4.78, 5) is 12.9. The molecule has 0 aromatic heterocycles. The van der Waals surface area contributed by atoms with Crippen molar-refractivity contribution in [2.75, 3.05) is 25.2 Å². The van der Waals surface area contributed by atoms with E-state index in [4.69, 9.17) is 24.7 Å². The van der Waals surface area contributed by atoms with Crippen LogP contribution in [0.2, 0.25) is 0 Å². The first-order valence-corrected chi connectivity index (χ1v) is 28.2. The fourth-order valence-electron chi connectivity index (χ4n) is 13.7. The molecule has 12 rings (SSSR count). The number of rotatable bonds is 6. The number of phenolic OH excluding ortho intramolecular Hbond substituents is 2. The minimum atomic E-state index is -0.635. The number of carbonyl (C=O) groups is 1. The van der Waals surface area contributed by atoms with Gasteiger partial charge < -0.3 is 45.5 Å². The van der Waals surface area contributed by atoms with Crippen molar-refractivity contribution in [3.63, 3.8) is 0 Å². The fourth-order valence-corrected chi connectivity index (χ4v) is 16.4. The Hall–Kier alpha value is -5.45. The van der Waals surface area contributed by atoms with E-state index in [1.165, 1.54) is 30.9 Å². The van der Waals surface area contributed by atoms with Crippen LogP contribution in [0.5, 0.6) is 28.7 Å². The number of nitrogens with two attached hydrogens (primary N) is 1. The molecule has 4 aromatic rings. The average Bonchev–Trinajstić information content (AvgIpc) is 3.89. The highest BCUT2D eigenvalue weighted by atomic mass is 33.1. The molecule has 368 valence electrons. The van der Waals surface area contributed by atoms with Crippen molar-refractivity contribution in [3.05, 3.63) is 129 Å². The molecule has 3 fully saturated rings. The third-order valence-corrected chi connectivity index (χ3v) is 19.4. The van der Waals surface area contributed by atoms with Gasteiger partial charge in [-0.2, -0.15) is 0 Å². The van der Waals surface area contributed by atoms with E-state index in [2.05, 4.69) is 89.2 Å². The topological polar surface area (TPSA) is 145 Å². The lowest BCUT2D eigenvalue weighted by Crippen LogP contribution is -2.49. The van der Waals surface area contributed by atoms with Crippen LogP contribution in [0.1, 0.15) is 109 Å². The Morgan fingerprint density at radius 1 is 0.972 bits per heavy atom. The zero-order chi connectivity index (χ0) is 48.4. The molecule has 10 nitrogen and oxygen atoms in total. The monoisotopic (exact) mass is 989 g/mol. The van der Waals surface area contributed by atoms with E-state index in [9.17, 15) is 15.0 Å². The summed E-state index contributed by atoms with van der Waals surface area (Å²) in [5, 5.41) is 31.1. The van der Waals surface area contributed by atoms with Gasteiger partial charge in [-0.25, -0.2) is 0 Å². The molecule has 10 atom stereocenters. The van der Waals surface area contributed by atoms with Gasteiger partial charge in [-0.1, -0.05) is 94.6 Å². The van der Waals surface area contributed by atoms with Gasteiger partial charge in [0.1, 0.15) is 36.1 Å². The van der Waals surface area contributed by atoms with E-state index in [0.29, 0.717) is 36.3 Å². The molecule has 3 aliphatic carbocycles. The summed E-state index contributed by atoms with van der Waals surface area (Å²) >= 11 is 0. The van der Waals surface area contributed by atoms with Gasteiger partial charge in [0, 0.05) is 70.2 Å². The van der Waals surface area contributed by atoms with Gasteiger partial charge >= 0.3 is 5.97 Å². The van der Waals surface area contributed by atoms with Crippen molar-refractivity contribution in [2.45, 2.75) is 119 Å². The van der Waals surface area contributed by atoms with Crippen LogP contribution < -0.4 is 30.6 Å². The first-order valence-electron chi connectivity index (χ1n) is 25.7. The summed E-state index contributed by atoms with van der Waals surface area (Å²) in [6.45, 7) is 1.55. The van der Waals surface area contributed by atoms with Gasteiger partial charge in [-0.15, -0.1) is 0 Å². The molecule has 6 bridgehead atoms. The van der Waals surface area contributed by atoms with Crippen molar-refractivity contribution in [2.24, 2.45) is 23.5 Å². The van der Waals surface area contributed by atoms with E-state index in [-0.39, 0.29) is 53.5 Å². The van der Waals surface area contributed by atoms with Gasteiger partial charge in [0.2, 0.25) is 0 Å². The number of benzene rings is 4. The SMILES string of the molecule is COc1cc(O)cc2c1-c1ccc3c4c1C1(CCC(C1)C(CCc1ccccc1)C1=C(C#CCc5cc(O)c6c(c5C(O4)C3COC(C)=O)C=CC3NC4CCCC(CSSCC3O6)C4)NC(N)C=C1)C2. The van der Waals surface area contributed by atoms with E-state index in [0.717, 1.165) is 112 Å². The molecule has 6 N–H and O–H groups in total. The Bertz CT molecular complexity index is 2920. The molecule has 8 aliphatic rings. The van der Waals surface area contributed by atoms with Crippen LogP contribution >= 0.6 is 21.6 Å². The number of carbonyl (C=O) groups excluding carboxylic acids is 1. The normalized spacial score (nSPS) is 29.8. The average molecular weight is 990 g/mol. The maximum absolute atomic E-state index is 12.9.